The molecule has 4 aromatic rings. The molecule has 0 spiro atoms. The smallest absolute Gasteiger partial charge is 0.0156 e. The van der Waals surface area contributed by atoms with E-state index in [-0.39, 0.29) is 10.8 Å². The minimum Gasteiger partial charge on any atom is -0.0836 e. The monoisotopic (exact) mass is 592 g/mol. The lowest BCUT2D eigenvalue weighted by Gasteiger charge is -2.35. The highest BCUT2D eigenvalue weighted by molar-refractivity contribution is 6.10. The first-order valence-corrected chi connectivity index (χ1v) is 17.7. The Morgan fingerprint density at radius 1 is 0.848 bits per heavy atom. The fourth-order valence-electron chi connectivity index (χ4n) is 11.3. The zero-order valence-electron chi connectivity index (χ0n) is 27.4. The lowest BCUT2D eigenvalue weighted by molar-refractivity contribution is 0.416. The van der Waals surface area contributed by atoms with Crippen molar-refractivity contribution in [3.05, 3.63) is 128 Å². The fraction of sp³-hybridized carbons (Fsp3) is 0.304. The maximum absolute atomic E-state index is 2.69. The van der Waals surface area contributed by atoms with Gasteiger partial charge >= 0.3 is 0 Å². The molecule has 0 bridgehead atoms. The molecule has 4 aromatic carbocycles. The van der Waals surface area contributed by atoms with Crippen LogP contribution in [0, 0.1) is 11.8 Å². The van der Waals surface area contributed by atoms with E-state index in [9.17, 15) is 0 Å². The Balaban J connectivity index is 1.20. The van der Waals surface area contributed by atoms with Crippen molar-refractivity contribution in [2.24, 2.45) is 11.8 Å². The van der Waals surface area contributed by atoms with Crippen LogP contribution in [0.25, 0.3) is 56.5 Å². The van der Waals surface area contributed by atoms with Crippen molar-refractivity contribution in [1.82, 2.24) is 0 Å². The predicted octanol–water partition coefficient (Wildman–Crippen LogP) is 10.3. The molecule has 11 rings (SSSR count). The average molecular weight is 593 g/mol. The first-order valence-electron chi connectivity index (χ1n) is 17.7. The largest absolute Gasteiger partial charge is 0.0836 e. The predicted molar refractivity (Wildman–Crippen MR) is 196 cm³/mol. The molecular formula is C46H40. The van der Waals surface area contributed by atoms with E-state index in [1.165, 1.54) is 62.9 Å². The van der Waals surface area contributed by atoms with Crippen molar-refractivity contribution in [3.8, 4) is 0 Å². The van der Waals surface area contributed by atoms with Crippen LogP contribution in [0.2, 0.25) is 0 Å². The molecule has 0 nitrogen and oxygen atoms in total. The summed E-state index contributed by atoms with van der Waals surface area (Å²) >= 11 is 0. The van der Waals surface area contributed by atoms with Crippen LogP contribution in [-0.4, -0.2) is 0 Å². The second kappa shape index (κ2) is 8.40. The van der Waals surface area contributed by atoms with Gasteiger partial charge in [-0.2, -0.15) is 0 Å². The zero-order valence-corrected chi connectivity index (χ0v) is 27.4. The first-order chi connectivity index (χ1) is 22.3. The summed E-state index contributed by atoms with van der Waals surface area (Å²) < 4.78 is 0. The maximum atomic E-state index is 2.69. The summed E-state index contributed by atoms with van der Waals surface area (Å²) in [6.07, 6.45) is 25.8. The van der Waals surface area contributed by atoms with E-state index in [0.29, 0.717) is 17.8 Å². The topological polar surface area (TPSA) is 0 Å². The van der Waals surface area contributed by atoms with Crippen molar-refractivity contribution in [1.29, 1.82) is 0 Å². The van der Waals surface area contributed by atoms with Gasteiger partial charge in [0, 0.05) is 11.3 Å². The molecule has 224 valence electrons. The number of benzene rings is 4. The molecule has 0 heterocycles. The summed E-state index contributed by atoms with van der Waals surface area (Å²) in [5.41, 5.74) is 17.2. The molecule has 0 saturated heterocycles. The fourth-order valence-corrected chi connectivity index (χ4v) is 11.3. The van der Waals surface area contributed by atoms with E-state index in [1.807, 2.05) is 0 Å². The van der Waals surface area contributed by atoms with Gasteiger partial charge in [0.15, 0.2) is 0 Å². The lowest BCUT2D eigenvalue weighted by atomic mass is 9.68. The van der Waals surface area contributed by atoms with E-state index in [1.54, 1.807) is 49.6 Å². The quantitative estimate of drug-likeness (QED) is 0.191. The second-order valence-electron chi connectivity index (χ2n) is 16.2. The number of allylic oxidation sites excluding steroid dienone is 9. The van der Waals surface area contributed by atoms with Crippen LogP contribution < -0.4 is 10.4 Å². The van der Waals surface area contributed by atoms with Gasteiger partial charge in [0.2, 0.25) is 0 Å². The van der Waals surface area contributed by atoms with Crippen LogP contribution in [0.15, 0.2) is 78.4 Å². The zero-order chi connectivity index (χ0) is 30.7. The van der Waals surface area contributed by atoms with Gasteiger partial charge in [-0.1, -0.05) is 113 Å². The molecule has 46 heavy (non-hydrogen) atoms. The summed E-state index contributed by atoms with van der Waals surface area (Å²) in [5, 5.41) is 8.94. The van der Waals surface area contributed by atoms with Gasteiger partial charge in [0.25, 0.3) is 0 Å². The Morgan fingerprint density at radius 3 is 2.57 bits per heavy atom. The van der Waals surface area contributed by atoms with E-state index >= 15 is 0 Å². The van der Waals surface area contributed by atoms with Crippen LogP contribution in [0.3, 0.4) is 0 Å². The molecule has 7 aliphatic rings. The summed E-state index contributed by atoms with van der Waals surface area (Å²) in [7, 11) is 0. The van der Waals surface area contributed by atoms with Gasteiger partial charge in [0.1, 0.15) is 0 Å². The Labute approximate surface area is 271 Å². The molecule has 3 unspecified atom stereocenters. The van der Waals surface area contributed by atoms with Crippen LogP contribution in [-0.2, 0) is 10.8 Å². The summed E-state index contributed by atoms with van der Waals surface area (Å²) in [6, 6.07) is 16.7. The minimum absolute atomic E-state index is 0.0245. The van der Waals surface area contributed by atoms with Gasteiger partial charge in [0.05, 0.1) is 0 Å². The molecule has 0 fully saturated rings. The number of hydrogen-bond acceptors (Lipinski definition) is 0. The van der Waals surface area contributed by atoms with Gasteiger partial charge < -0.3 is 0 Å². The maximum Gasteiger partial charge on any atom is 0.0156 e. The van der Waals surface area contributed by atoms with Crippen molar-refractivity contribution in [3.63, 3.8) is 0 Å². The van der Waals surface area contributed by atoms with Crippen LogP contribution in [0.4, 0.5) is 0 Å². The third-order valence-corrected chi connectivity index (χ3v) is 13.4. The normalized spacial score (nSPS) is 26.3. The van der Waals surface area contributed by atoms with Crippen molar-refractivity contribution >= 4 is 56.5 Å². The standard InChI is InChI=1S/C46H40/c1-45(2)36-24-35-37(23-34(36)42-32-20-19-27-12-9-11-26-16-17-28(22-38(42)45)40(32)39(26)27)46(3,4)44-33-21-18-25-10-5-6-13-29(25)41(33)30-14-7-8-15-31(30)43(35)44/h5-8,11,13-18,20-22,24-25,27,37H,9-10,12,19,23H2,1-4H3. The highest BCUT2D eigenvalue weighted by Crippen LogP contribution is 2.63. The van der Waals surface area contributed by atoms with E-state index in [4.69, 9.17) is 0 Å². The molecule has 0 aliphatic heterocycles. The van der Waals surface area contributed by atoms with Crippen molar-refractivity contribution < 1.29 is 0 Å². The van der Waals surface area contributed by atoms with Crippen molar-refractivity contribution in [2.45, 2.75) is 76.5 Å². The third-order valence-electron chi connectivity index (χ3n) is 13.4. The van der Waals surface area contributed by atoms with Gasteiger partial charge in [-0.15, -0.1) is 0 Å². The Morgan fingerprint density at radius 2 is 1.70 bits per heavy atom. The van der Waals surface area contributed by atoms with E-state index < -0.39 is 0 Å². The molecule has 3 atom stereocenters. The Bertz CT molecular complexity index is 2440. The highest BCUT2D eigenvalue weighted by atomic mass is 14.5. The molecule has 0 N–H and O–H groups in total. The summed E-state index contributed by atoms with van der Waals surface area (Å²) in [5.74, 6) is 1.63. The molecule has 0 aromatic heterocycles. The van der Waals surface area contributed by atoms with Gasteiger partial charge in [-0.05, 0) is 149 Å². The van der Waals surface area contributed by atoms with Gasteiger partial charge in [-0.3, -0.25) is 0 Å². The van der Waals surface area contributed by atoms with Crippen LogP contribution in [0.5, 0.6) is 0 Å². The molecule has 0 saturated carbocycles. The summed E-state index contributed by atoms with van der Waals surface area (Å²) in [4.78, 5) is 0. The lowest BCUT2D eigenvalue weighted by Crippen LogP contribution is -2.28. The number of hydrogen-bond donors (Lipinski definition) is 0. The highest BCUT2D eigenvalue weighted by Gasteiger charge is 2.51. The SMILES string of the molecule is CC1(C)C2=C(CC3C(=C2)c2c(c4c(c5ccccc25)C2=CC=CCC2C=C4)C3(C)C)c2c1cc1ccc3c4c1c2=CCC4CCC=3. The van der Waals surface area contributed by atoms with E-state index in [2.05, 4.69) is 119 Å². The first kappa shape index (κ1) is 26.0. The van der Waals surface area contributed by atoms with Crippen LogP contribution in [0.1, 0.15) is 105 Å². The van der Waals surface area contributed by atoms with Crippen LogP contribution >= 0.6 is 0 Å². The molecule has 0 amide bonds. The second-order valence-corrected chi connectivity index (χ2v) is 16.2. The molecular weight excluding hydrogens is 553 g/mol. The Hall–Kier alpha value is -4.16. The molecule has 0 radical (unpaired) electrons. The molecule has 0 heteroatoms. The number of fused-ring (bicyclic) bond motifs is 13. The average Bonchev–Trinajstić information content (AvgIpc) is 3.45. The van der Waals surface area contributed by atoms with E-state index in [0.717, 1.165) is 12.8 Å². The third kappa shape index (κ3) is 2.95. The molecule has 7 aliphatic carbocycles. The Kier molecular flexibility index (Phi) is 4.74. The number of rotatable bonds is 0. The van der Waals surface area contributed by atoms with Gasteiger partial charge in [-0.25, -0.2) is 0 Å². The van der Waals surface area contributed by atoms with Crippen molar-refractivity contribution in [2.75, 3.05) is 0 Å². The summed E-state index contributed by atoms with van der Waals surface area (Å²) in [6.45, 7) is 10.1. The minimum atomic E-state index is -0.0245.